The molecule has 10 heavy (non-hydrogen) atoms. The van der Waals surface area contributed by atoms with Gasteiger partial charge in [-0.2, -0.15) is 10.4 Å². The summed E-state index contributed by atoms with van der Waals surface area (Å²) in [5.74, 6) is 0. The van der Waals surface area contributed by atoms with Crippen LogP contribution < -0.4 is 0 Å². The lowest BCUT2D eigenvalue weighted by Crippen LogP contribution is -1.92. The Hall–Kier alpha value is -1.37. The second kappa shape index (κ2) is 2.48. The number of hydrogen-bond acceptors (Lipinski definition) is 2. The van der Waals surface area contributed by atoms with Crippen molar-refractivity contribution in [2.24, 2.45) is 0 Å². The Kier molecular flexibility index (Phi) is 1.67. The molecule has 52 valence electrons. The highest BCUT2D eigenvalue weighted by molar-refractivity contribution is 5.27. The van der Waals surface area contributed by atoms with E-state index < -0.39 is 6.80 Å². The average molecular weight is 139 g/mol. The first kappa shape index (κ1) is 6.75. The molecule has 4 heteroatoms. The summed E-state index contributed by atoms with van der Waals surface area (Å²) in [4.78, 5) is 0. The van der Waals surface area contributed by atoms with Gasteiger partial charge in [-0.1, -0.05) is 0 Å². The molecule has 3 nitrogen and oxygen atoms in total. The first-order valence-electron chi connectivity index (χ1n) is 2.78. The van der Waals surface area contributed by atoms with Crippen molar-refractivity contribution in [3.8, 4) is 6.07 Å². The predicted octanol–water partition coefficient (Wildman–Crippen LogP) is 0.990. The van der Waals surface area contributed by atoms with Crippen LogP contribution in [0.4, 0.5) is 4.39 Å². The van der Waals surface area contributed by atoms with E-state index in [4.69, 9.17) is 5.26 Å². The van der Waals surface area contributed by atoms with Crippen LogP contribution in [-0.4, -0.2) is 9.78 Å². The second-order valence-corrected chi connectivity index (χ2v) is 1.93. The number of nitrogens with zero attached hydrogens (tertiary/aromatic N) is 3. The zero-order valence-corrected chi connectivity index (χ0v) is 5.50. The minimum atomic E-state index is -0.678. The van der Waals surface area contributed by atoms with Gasteiger partial charge in [0.2, 0.25) is 0 Å². The summed E-state index contributed by atoms with van der Waals surface area (Å²) in [5, 5.41) is 12.0. The van der Waals surface area contributed by atoms with Crippen molar-refractivity contribution in [2.45, 2.75) is 13.7 Å². The van der Waals surface area contributed by atoms with Crippen molar-refractivity contribution in [3.63, 3.8) is 0 Å². The molecule has 0 aliphatic carbocycles. The molecule has 1 heterocycles. The molecule has 1 aromatic heterocycles. The Morgan fingerprint density at radius 3 is 2.90 bits per heavy atom. The summed E-state index contributed by atoms with van der Waals surface area (Å²) in [5.41, 5.74) is 0.998. The lowest BCUT2D eigenvalue weighted by Gasteiger charge is -1.85. The first-order valence-corrected chi connectivity index (χ1v) is 2.78. The van der Waals surface area contributed by atoms with Crippen LogP contribution in [0.1, 0.15) is 11.3 Å². The third-order valence-corrected chi connectivity index (χ3v) is 1.17. The number of aromatic nitrogens is 2. The minimum Gasteiger partial charge on any atom is -0.240 e. The second-order valence-electron chi connectivity index (χ2n) is 1.93. The molecule has 0 aliphatic heterocycles. The average Bonchev–Trinajstić information content (AvgIpc) is 2.30. The van der Waals surface area contributed by atoms with E-state index in [0.29, 0.717) is 5.56 Å². The van der Waals surface area contributed by atoms with Gasteiger partial charge in [0.15, 0.2) is 12.5 Å². The van der Waals surface area contributed by atoms with Gasteiger partial charge < -0.3 is 0 Å². The van der Waals surface area contributed by atoms with E-state index >= 15 is 0 Å². The molecule has 0 saturated heterocycles. The predicted molar refractivity (Wildman–Crippen MR) is 32.8 cm³/mol. The normalized spacial score (nSPS) is 9.30. The highest BCUT2D eigenvalue weighted by Crippen LogP contribution is 2.02. The molecular formula is C6H6FN3. The van der Waals surface area contributed by atoms with E-state index in [1.54, 1.807) is 6.92 Å². The van der Waals surface area contributed by atoms with Crippen LogP contribution in [0.5, 0.6) is 0 Å². The van der Waals surface area contributed by atoms with Crippen molar-refractivity contribution in [1.82, 2.24) is 9.78 Å². The molecular weight excluding hydrogens is 133 g/mol. The fourth-order valence-corrected chi connectivity index (χ4v) is 0.693. The largest absolute Gasteiger partial charge is 0.240 e. The van der Waals surface area contributed by atoms with Crippen LogP contribution in [0.3, 0.4) is 0 Å². The summed E-state index contributed by atoms with van der Waals surface area (Å²) < 4.78 is 12.9. The van der Waals surface area contributed by atoms with Gasteiger partial charge in [0.1, 0.15) is 6.07 Å². The van der Waals surface area contributed by atoms with Gasteiger partial charge >= 0.3 is 0 Å². The van der Waals surface area contributed by atoms with Crippen LogP contribution in [0.2, 0.25) is 0 Å². The quantitative estimate of drug-likeness (QED) is 0.582. The fraction of sp³-hybridized carbons (Fsp3) is 0.333. The molecule has 0 spiro atoms. The van der Waals surface area contributed by atoms with Gasteiger partial charge in [-0.05, 0) is 6.92 Å². The lowest BCUT2D eigenvalue weighted by atomic mass is 10.3. The summed E-state index contributed by atoms with van der Waals surface area (Å²) in [6.07, 6.45) is 1.50. The highest BCUT2D eigenvalue weighted by Gasteiger charge is 2.01. The van der Waals surface area contributed by atoms with Gasteiger partial charge in [-0.25, -0.2) is 9.07 Å². The topological polar surface area (TPSA) is 41.6 Å². The van der Waals surface area contributed by atoms with Crippen LogP contribution in [-0.2, 0) is 6.80 Å². The molecule has 0 radical (unpaired) electrons. The van der Waals surface area contributed by atoms with Gasteiger partial charge in [-0.15, -0.1) is 0 Å². The fourth-order valence-electron chi connectivity index (χ4n) is 0.693. The number of nitriles is 1. The van der Waals surface area contributed by atoms with Crippen LogP contribution in [0.25, 0.3) is 0 Å². The Labute approximate surface area is 57.7 Å². The van der Waals surface area contributed by atoms with Crippen molar-refractivity contribution in [3.05, 3.63) is 17.5 Å². The number of rotatable bonds is 1. The molecule has 1 rings (SSSR count). The Bertz CT molecular complexity index is 271. The van der Waals surface area contributed by atoms with E-state index in [-0.39, 0.29) is 5.69 Å². The Balaban J connectivity index is 3.07. The zero-order chi connectivity index (χ0) is 7.56. The van der Waals surface area contributed by atoms with Crippen molar-refractivity contribution >= 4 is 0 Å². The van der Waals surface area contributed by atoms with E-state index in [2.05, 4.69) is 5.10 Å². The standard InChI is InChI=1S/C6H6FN3/c1-5-3-10(4-7)9-6(5)2-8/h3H,4H2,1H3. The van der Waals surface area contributed by atoms with Gasteiger partial charge in [0.25, 0.3) is 0 Å². The summed E-state index contributed by atoms with van der Waals surface area (Å²) >= 11 is 0. The molecule has 1 aromatic rings. The van der Waals surface area contributed by atoms with Gasteiger partial charge in [-0.3, -0.25) is 0 Å². The molecule has 0 N–H and O–H groups in total. The maximum atomic E-state index is 11.8. The van der Waals surface area contributed by atoms with Crippen molar-refractivity contribution < 1.29 is 4.39 Å². The van der Waals surface area contributed by atoms with E-state index in [1.807, 2.05) is 6.07 Å². The third-order valence-electron chi connectivity index (χ3n) is 1.17. The van der Waals surface area contributed by atoms with Gasteiger partial charge in [0.05, 0.1) is 0 Å². The number of alkyl halides is 1. The van der Waals surface area contributed by atoms with Crippen LogP contribution in [0.15, 0.2) is 6.20 Å². The smallest absolute Gasteiger partial charge is 0.181 e. The van der Waals surface area contributed by atoms with E-state index in [0.717, 1.165) is 4.68 Å². The first-order chi connectivity index (χ1) is 4.77. The lowest BCUT2D eigenvalue weighted by molar-refractivity contribution is 0.349. The summed E-state index contributed by atoms with van der Waals surface area (Å²) in [7, 11) is 0. The zero-order valence-electron chi connectivity index (χ0n) is 5.50. The molecule has 0 saturated carbocycles. The monoisotopic (exact) mass is 139 g/mol. The maximum Gasteiger partial charge on any atom is 0.181 e. The van der Waals surface area contributed by atoms with E-state index in [1.165, 1.54) is 6.20 Å². The molecule has 0 aliphatic rings. The molecule has 0 fully saturated rings. The summed E-state index contributed by atoms with van der Waals surface area (Å²) in [6.45, 7) is 1.04. The van der Waals surface area contributed by atoms with Crippen LogP contribution >= 0.6 is 0 Å². The number of hydrogen-bond donors (Lipinski definition) is 0. The Morgan fingerprint density at radius 1 is 1.90 bits per heavy atom. The highest BCUT2D eigenvalue weighted by atomic mass is 19.1. The minimum absolute atomic E-state index is 0.289. The molecule has 0 bridgehead atoms. The number of halogens is 1. The van der Waals surface area contributed by atoms with Gasteiger partial charge in [0, 0.05) is 11.8 Å². The molecule has 0 aromatic carbocycles. The molecule has 0 atom stereocenters. The third kappa shape index (κ3) is 0.982. The molecule has 0 unspecified atom stereocenters. The van der Waals surface area contributed by atoms with E-state index in [9.17, 15) is 4.39 Å². The van der Waals surface area contributed by atoms with Crippen LogP contribution in [0, 0.1) is 18.3 Å². The maximum absolute atomic E-state index is 11.8. The van der Waals surface area contributed by atoms with Crippen molar-refractivity contribution in [1.29, 1.82) is 5.26 Å². The number of aryl methyl sites for hydroxylation is 1. The summed E-state index contributed by atoms with van der Waals surface area (Å²) in [6, 6.07) is 1.85. The Morgan fingerprint density at radius 2 is 2.60 bits per heavy atom. The molecule has 0 amide bonds. The van der Waals surface area contributed by atoms with Crippen molar-refractivity contribution in [2.75, 3.05) is 0 Å². The SMILES string of the molecule is Cc1cn(CF)nc1C#N.